The first kappa shape index (κ1) is 21.4. The third-order valence-corrected chi connectivity index (χ3v) is 6.93. The molecular weight excluding hydrogens is 464 g/mol. The Labute approximate surface area is 176 Å². The molecule has 2 aromatic carbocycles. The molecule has 0 saturated carbocycles. The summed E-state index contributed by atoms with van der Waals surface area (Å²) in [6.07, 6.45) is 0. The maximum Gasteiger partial charge on any atom is 0.289 e. The minimum Gasteiger partial charge on any atom is -0.325 e. The van der Waals surface area contributed by atoms with E-state index in [0.29, 0.717) is 18.8 Å². The van der Waals surface area contributed by atoms with Crippen molar-refractivity contribution in [1.29, 1.82) is 0 Å². The third-order valence-electron chi connectivity index (χ3n) is 4.49. The van der Waals surface area contributed by atoms with Gasteiger partial charge in [-0.05, 0) is 24.3 Å². The molecule has 0 aliphatic carbocycles. The molecule has 1 fully saturated rings. The Morgan fingerprint density at radius 1 is 1.10 bits per heavy atom. The van der Waals surface area contributed by atoms with Crippen molar-refractivity contribution in [3.8, 4) is 0 Å². The normalized spacial score (nSPS) is 15.8. The van der Waals surface area contributed by atoms with Crippen molar-refractivity contribution in [2.75, 3.05) is 38.0 Å². The van der Waals surface area contributed by atoms with Crippen LogP contribution in [0.1, 0.15) is 0 Å². The Hall–Kier alpha value is -2.34. The second-order valence-corrected chi connectivity index (χ2v) is 9.29. The highest BCUT2D eigenvalue weighted by Gasteiger charge is 2.33. The van der Waals surface area contributed by atoms with Gasteiger partial charge in [0.2, 0.25) is 15.9 Å². The Bertz CT molecular complexity index is 1020. The number of carbonyl (C=O) groups is 1. The van der Waals surface area contributed by atoms with Crippen molar-refractivity contribution in [3.05, 3.63) is 63.1 Å². The van der Waals surface area contributed by atoms with Gasteiger partial charge in [-0.1, -0.05) is 34.1 Å². The third kappa shape index (κ3) is 5.18. The fourth-order valence-corrected chi connectivity index (χ4v) is 5.04. The van der Waals surface area contributed by atoms with Crippen LogP contribution < -0.4 is 5.32 Å². The van der Waals surface area contributed by atoms with Gasteiger partial charge in [-0.15, -0.1) is 0 Å². The summed E-state index contributed by atoms with van der Waals surface area (Å²) in [7, 11) is -3.98. The van der Waals surface area contributed by atoms with Crippen molar-refractivity contribution >= 4 is 43.2 Å². The first-order valence-electron chi connectivity index (χ1n) is 8.79. The van der Waals surface area contributed by atoms with Crippen LogP contribution in [0.15, 0.2) is 57.9 Å². The molecule has 0 unspecified atom stereocenters. The first-order valence-corrected chi connectivity index (χ1v) is 11.0. The molecule has 11 heteroatoms. The number of nitro benzene ring substituents is 1. The lowest BCUT2D eigenvalue weighted by Crippen LogP contribution is -2.50. The van der Waals surface area contributed by atoms with E-state index in [1.165, 1.54) is 28.6 Å². The molecule has 2 aromatic rings. The number of nitro groups is 1. The Kier molecular flexibility index (Phi) is 6.63. The maximum atomic E-state index is 12.8. The molecule has 0 spiro atoms. The van der Waals surface area contributed by atoms with E-state index in [1.54, 1.807) is 12.1 Å². The zero-order valence-electron chi connectivity index (χ0n) is 15.3. The van der Waals surface area contributed by atoms with Crippen LogP contribution in [0.5, 0.6) is 0 Å². The lowest BCUT2D eigenvalue weighted by Gasteiger charge is -2.33. The molecule has 1 aliphatic heterocycles. The van der Waals surface area contributed by atoms with E-state index in [-0.39, 0.29) is 30.4 Å². The van der Waals surface area contributed by atoms with E-state index in [1.807, 2.05) is 17.0 Å². The van der Waals surface area contributed by atoms with Gasteiger partial charge in [0.15, 0.2) is 4.90 Å². The molecule has 29 heavy (non-hydrogen) atoms. The summed E-state index contributed by atoms with van der Waals surface area (Å²) in [5.74, 6) is -0.196. The van der Waals surface area contributed by atoms with Crippen LogP contribution in [-0.4, -0.2) is 61.2 Å². The molecule has 0 aromatic heterocycles. The fourth-order valence-electron chi connectivity index (χ4n) is 3.06. The average molecular weight is 483 g/mol. The summed E-state index contributed by atoms with van der Waals surface area (Å²) < 4.78 is 27.7. The molecule has 0 radical (unpaired) electrons. The first-order chi connectivity index (χ1) is 13.8. The van der Waals surface area contributed by atoms with Gasteiger partial charge < -0.3 is 5.32 Å². The van der Waals surface area contributed by atoms with Gasteiger partial charge in [0, 0.05) is 42.4 Å². The number of sulfonamides is 1. The van der Waals surface area contributed by atoms with Gasteiger partial charge in [-0.3, -0.25) is 19.8 Å². The summed E-state index contributed by atoms with van der Waals surface area (Å²) in [5.41, 5.74) is 0.227. The molecule has 1 heterocycles. The number of hydrogen-bond donors (Lipinski definition) is 1. The van der Waals surface area contributed by atoms with Gasteiger partial charge in [-0.2, -0.15) is 4.31 Å². The number of anilines is 1. The second kappa shape index (κ2) is 8.99. The number of nitrogens with one attached hydrogen (secondary N) is 1. The minimum absolute atomic E-state index is 0.131. The SMILES string of the molecule is O=C(CN1CCN(S(=O)(=O)c2ccccc2[N+](=O)[O-])CC1)Nc1cccc(Br)c1. The predicted molar refractivity (Wildman–Crippen MR) is 111 cm³/mol. The largest absolute Gasteiger partial charge is 0.325 e. The Balaban J connectivity index is 1.60. The Morgan fingerprint density at radius 3 is 2.45 bits per heavy atom. The average Bonchev–Trinajstić information content (AvgIpc) is 2.68. The van der Waals surface area contributed by atoms with Gasteiger partial charge in [0.05, 0.1) is 11.5 Å². The minimum atomic E-state index is -3.98. The summed E-state index contributed by atoms with van der Waals surface area (Å²) in [5, 5.41) is 14.0. The molecule has 3 rings (SSSR count). The summed E-state index contributed by atoms with van der Waals surface area (Å²) in [6.45, 7) is 1.14. The number of carbonyl (C=O) groups excluding carboxylic acids is 1. The van der Waals surface area contributed by atoms with E-state index in [4.69, 9.17) is 0 Å². The van der Waals surface area contributed by atoms with Crippen LogP contribution in [-0.2, 0) is 14.8 Å². The van der Waals surface area contributed by atoms with Gasteiger partial charge in [0.25, 0.3) is 5.69 Å². The number of para-hydroxylation sites is 1. The number of benzene rings is 2. The number of hydrogen-bond acceptors (Lipinski definition) is 6. The molecule has 1 amide bonds. The van der Waals surface area contributed by atoms with Gasteiger partial charge >= 0.3 is 0 Å². The number of amides is 1. The fraction of sp³-hybridized carbons (Fsp3) is 0.278. The predicted octanol–water partition coefficient (Wildman–Crippen LogP) is 2.30. The monoisotopic (exact) mass is 482 g/mol. The molecule has 154 valence electrons. The molecule has 1 N–H and O–H groups in total. The quantitative estimate of drug-likeness (QED) is 0.499. The molecule has 1 saturated heterocycles. The number of halogens is 1. The highest BCUT2D eigenvalue weighted by Crippen LogP contribution is 2.26. The number of nitrogens with zero attached hydrogens (tertiary/aromatic N) is 3. The summed E-state index contributed by atoms with van der Waals surface area (Å²) in [6, 6.07) is 12.5. The van der Waals surface area contributed by atoms with Gasteiger partial charge in [0.1, 0.15) is 0 Å². The van der Waals surface area contributed by atoms with E-state index < -0.39 is 20.6 Å². The lowest BCUT2D eigenvalue weighted by atomic mass is 10.3. The topological polar surface area (TPSA) is 113 Å². The van der Waals surface area contributed by atoms with E-state index in [0.717, 1.165) is 4.47 Å². The highest BCUT2D eigenvalue weighted by atomic mass is 79.9. The van der Waals surface area contributed by atoms with Crippen molar-refractivity contribution in [1.82, 2.24) is 9.21 Å². The Morgan fingerprint density at radius 2 is 1.79 bits per heavy atom. The van der Waals surface area contributed by atoms with E-state index >= 15 is 0 Å². The zero-order chi connectivity index (χ0) is 21.0. The van der Waals surface area contributed by atoms with Crippen molar-refractivity contribution in [2.45, 2.75) is 4.90 Å². The summed E-state index contributed by atoms with van der Waals surface area (Å²) >= 11 is 3.34. The highest BCUT2D eigenvalue weighted by molar-refractivity contribution is 9.10. The summed E-state index contributed by atoms with van der Waals surface area (Å²) in [4.78, 5) is 24.2. The standard InChI is InChI=1S/C18H19BrN4O5S/c19-14-4-3-5-15(12-14)20-18(24)13-21-8-10-22(11-9-21)29(27,28)17-7-2-1-6-16(17)23(25)26/h1-7,12H,8-11,13H2,(H,20,24). The van der Waals surface area contributed by atoms with Crippen molar-refractivity contribution < 1.29 is 18.1 Å². The number of rotatable bonds is 6. The molecule has 0 bridgehead atoms. The van der Waals surface area contributed by atoms with Crippen molar-refractivity contribution in [2.24, 2.45) is 0 Å². The molecule has 1 aliphatic rings. The van der Waals surface area contributed by atoms with Crippen LogP contribution in [0, 0.1) is 10.1 Å². The van der Waals surface area contributed by atoms with Crippen LogP contribution >= 0.6 is 15.9 Å². The van der Waals surface area contributed by atoms with Crippen LogP contribution in [0.4, 0.5) is 11.4 Å². The zero-order valence-corrected chi connectivity index (χ0v) is 17.7. The smallest absolute Gasteiger partial charge is 0.289 e. The van der Waals surface area contributed by atoms with Crippen molar-refractivity contribution in [3.63, 3.8) is 0 Å². The molecule has 9 nitrogen and oxygen atoms in total. The maximum absolute atomic E-state index is 12.8. The number of piperazine rings is 1. The van der Waals surface area contributed by atoms with E-state index in [2.05, 4.69) is 21.2 Å². The lowest BCUT2D eigenvalue weighted by molar-refractivity contribution is -0.387. The van der Waals surface area contributed by atoms with Crippen LogP contribution in [0.25, 0.3) is 0 Å². The second-order valence-electron chi connectivity index (χ2n) is 6.46. The molecule has 0 atom stereocenters. The molecular formula is C18H19BrN4O5S. The van der Waals surface area contributed by atoms with Crippen LogP contribution in [0.2, 0.25) is 0 Å². The van der Waals surface area contributed by atoms with E-state index in [9.17, 15) is 23.3 Å². The van der Waals surface area contributed by atoms with Gasteiger partial charge in [-0.25, -0.2) is 8.42 Å². The van der Waals surface area contributed by atoms with Crippen LogP contribution in [0.3, 0.4) is 0 Å².